The third-order valence-electron chi connectivity index (χ3n) is 4.25. The van der Waals surface area contributed by atoms with Gasteiger partial charge >= 0.3 is 6.03 Å². The number of ether oxygens (including phenoxy) is 1. The lowest BCUT2D eigenvalue weighted by molar-refractivity contribution is -0.122. The SMILES string of the molecule is CCNC(=O)COc1cccc(NC(=O)N2CCc3ccccc3C2)c1. The van der Waals surface area contributed by atoms with Crippen LogP contribution in [-0.2, 0) is 17.8 Å². The summed E-state index contributed by atoms with van der Waals surface area (Å²) in [6.07, 6.45) is 0.860. The molecule has 0 aromatic heterocycles. The molecule has 1 heterocycles. The minimum absolute atomic E-state index is 0.0475. The number of nitrogens with zero attached hydrogens (tertiary/aromatic N) is 1. The highest BCUT2D eigenvalue weighted by molar-refractivity contribution is 5.89. The Labute approximate surface area is 153 Å². The molecule has 2 aromatic carbocycles. The number of urea groups is 1. The van der Waals surface area contributed by atoms with Crippen molar-refractivity contribution in [3.05, 3.63) is 59.7 Å². The lowest BCUT2D eigenvalue weighted by Crippen LogP contribution is -2.38. The van der Waals surface area contributed by atoms with Gasteiger partial charge in [-0.05, 0) is 36.6 Å². The van der Waals surface area contributed by atoms with E-state index in [1.54, 1.807) is 29.2 Å². The maximum Gasteiger partial charge on any atom is 0.322 e. The highest BCUT2D eigenvalue weighted by Gasteiger charge is 2.20. The minimum atomic E-state index is -0.172. The molecule has 0 spiro atoms. The summed E-state index contributed by atoms with van der Waals surface area (Å²) >= 11 is 0. The fourth-order valence-electron chi connectivity index (χ4n) is 2.93. The first-order valence-corrected chi connectivity index (χ1v) is 8.78. The van der Waals surface area contributed by atoms with Crippen molar-refractivity contribution < 1.29 is 14.3 Å². The summed E-state index contributed by atoms with van der Waals surface area (Å²) < 4.78 is 5.46. The molecule has 2 N–H and O–H groups in total. The van der Waals surface area contributed by atoms with E-state index < -0.39 is 0 Å². The normalized spacial score (nSPS) is 12.9. The van der Waals surface area contributed by atoms with Crippen LogP contribution in [0.1, 0.15) is 18.1 Å². The van der Waals surface area contributed by atoms with E-state index >= 15 is 0 Å². The van der Waals surface area contributed by atoms with Gasteiger partial charge in [-0.15, -0.1) is 0 Å². The maximum atomic E-state index is 12.5. The van der Waals surface area contributed by atoms with Gasteiger partial charge in [0.2, 0.25) is 0 Å². The van der Waals surface area contributed by atoms with Crippen molar-refractivity contribution >= 4 is 17.6 Å². The first kappa shape index (κ1) is 17.8. The first-order chi connectivity index (χ1) is 12.7. The molecule has 0 saturated heterocycles. The van der Waals surface area contributed by atoms with Crippen LogP contribution in [0.5, 0.6) is 5.75 Å². The van der Waals surface area contributed by atoms with Crippen molar-refractivity contribution in [2.45, 2.75) is 19.9 Å². The summed E-state index contributed by atoms with van der Waals surface area (Å²) in [5, 5.41) is 5.58. The smallest absolute Gasteiger partial charge is 0.322 e. The number of anilines is 1. The second kappa shape index (κ2) is 8.38. The van der Waals surface area contributed by atoms with Crippen LogP contribution in [0.2, 0.25) is 0 Å². The molecule has 1 aliphatic heterocycles. The zero-order chi connectivity index (χ0) is 18.4. The third-order valence-corrected chi connectivity index (χ3v) is 4.25. The van der Waals surface area contributed by atoms with E-state index in [0.717, 1.165) is 6.42 Å². The van der Waals surface area contributed by atoms with Gasteiger partial charge in [-0.1, -0.05) is 30.3 Å². The van der Waals surface area contributed by atoms with Gasteiger partial charge < -0.3 is 20.3 Å². The van der Waals surface area contributed by atoms with Crippen molar-refractivity contribution in [1.29, 1.82) is 0 Å². The van der Waals surface area contributed by atoms with Crippen molar-refractivity contribution in [2.75, 3.05) is 25.0 Å². The Morgan fingerprint density at radius 2 is 1.92 bits per heavy atom. The molecule has 0 aliphatic carbocycles. The van der Waals surface area contributed by atoms with Gasteiger partial charge in [0.05, 0.1) is 0 Å². The molecule has 3 amide bonds. The molecular formula is C20H23N3O3. The van der Waals surface area contributed by atoms with Crippen molar-refractivity contribution in [3.63, 3.8) is 0 Å². The predicted octanol–water partition coefficient (Wildman–Crippen LogP) is 2.79. The summed E-state index contributed by atoms with van der Waals surface area (Å²) in [6.45, 7) is 3.67. The number of benzene rings is 2. The van der Waals surface area contributed by atoms with Crippen LogP contribution >= 0.6 is 0 Å². The number of amides is 3. The monoisotopic (exact) mass is 353 g/mol. The summed E-state index contributed by atoms with van der Waals surface area (Å²) in [7, 11) is 0. The average molecular weight is 353 g/mol. The van der Waals surface area contributed by atoms with Gasteiger partial charge in [-0.25, -0.2) is 4.79 Å². The standard InChI is InChI=1S/C20H23N3O3/c1-2-21-19(24)14-26-18-9-5-8-17(12-18)22-20(25)23-11-10-15-6-3-4-7-16(15)13-23/h3-9,12H,2,10-11,13-14H2,1H3,(H,21,24)(H,22,25). The van der Waals surface area contributed by atoms with Crippen molar-refractivity contribution in [1.82, 2.24) is 10.2 Å². The number of fused-ring (bicyclic) bond motifs is 1. The van der Waals surface area contributed by atoms with E-state index in [1.807, 2.05) is 19.1 Å². The Kier molecular flexibility index (Phi) is 5.73. The fourth-order valence-corrected chi connectivity index (χ4v) is 2.93. The Morgan fingerprint density at radius 1 is 1.12 bits per heavy atom. The highest BCUT2D eigenvalue weighted by atomic mass is 16.5. The van der Waals surface area contributed by atoms with Crippen molar-refractivity contribution in [2.24, 2.45) is 0 Å². The van der Waals surface area contributed by atoms with Crippen LogP contribution in [0, 0.1) is 0 Å². The van der Waals surface area contributed by atoms with Crippen molar-refractivity contribution in [3.8, 4) is 5.75 Å². The van der Waals surface area contributed by atoms with Gasteiger partial charge in [0.1, 0.15) is 5.75 Å². The van der Waals surface area contributed by atoms with Gasteiger partial charge in [-0.2, -0.15) is 0 Å². The van der Waals surface area contributed by atoms with E-state index in [2.05, 4.69) is 22.8 Å². The molecule has 0 bridgehead atoms. The number of carbonyl (C=O) groups excluding carboxylic acids is 2. The van der Waals surface area contributed by atoms with E-state index in [-0.39, 0.29) is 18.5 Å². The topological polar surface area (TPSA) is 70.7 Å². The lowest BCUT2D eigenvalue weighted by atomic mass is 10.0. The second-order valence-electron chi connectivity index (χ2n) is 6.14. The summed E-state index contributed by atoms with van der Waals surface area (Å²) in [4.78, 5) is 25.8. The highest BCUT2D eigenvalue weighted by Crippen LogP contribution is 2.21. The molecule has 0 fully saturated rings. The van der Waals surface area contributed by atoms with Crippen LogP contribution in [0.25, 0.3) is 0 Å². The van der Waals surface area contributed by atoms with Gasteiger partial charge in [0, 0.05) is 31.4 Å². The minimum Gasteiger partial charge on any atom is -0.484 e. The van der Waals surface area contributed by atoms with E-state index in [0.29, 0.717) is 31.1 Å². The molecule has 1 aliphatic rings. The lowest BCUT2D eigenvalue weighted by Gasteiger charge is -2.29. The van der Waals surface area contributed by atoms with E-state index in [1.165, 1.54) is 11.1 Å². The number of hydrogen-bond donors (Lipinski definition) is 2. The number of carbonyl (C=O) groups is 2. The number of likely N-dealkylation sites (N-methyl/N-ethyl adjacent to an activating group) is 1. The van der Waals surface area contributed by atoms with Crippen LogP contribution in [-0.4, -0.2) is 36.5 Å². The Bertz CT molecular complexity index is 791. The predicted molar refractivity (Wildman–Crippen MR) is 100 cm³/mol. The van der Waals surface area contributed by atoms with Gasteiger partial charge in [0.25, 0.3) is 5.91 Å². The largest absolute Gasteiger partial charge is 0.484 e. The molecular weight excluding hydrogens is 330 g/mol. The molecule has 6 nitrogen and oxygen atoms in total. The third kappa shape index (κ3) is 4.53. The molecule has 2 aromatic rings. The molecule has 136 valence electrons. The quantitative estimate of drug-likeness (QED) is 0.868. The molecule has 0 atom stereocenters. The van der Waals surface area contributed by atoms with Crippen LogP contribution in [0.15, 0.2) is 48.5 Å². The molecule has 0 radical (unpaired) electrons. The first-order valence-electron chi connectivity index (χ1n) is 8.78. The summed E-state index contributed by atoms with van der Waals surface area (Å²) in [5.41, 5.74) is 3.13. The zero-order valence-electron chi connectivity index (χ0n) is 14.8. The second-order valence-corrected chi connectivity index (χ2v) is 6.14. The molecule has 3 rings (SSSR count). The number of rotatable bonds is 5. The zero-order valence-corrected chi connectivity index (χ0v) is 14.8. The van der Waals surface area contributed by atoms with E-state index in [9.17, 15) is 9.59 Å². The molecule has 26 heavy (non-hydrogen) atoms. The Hall–Kier alpha value is -3.02. The summed E-state index contributed by atoms with van der Waals surface area (Å²) in [6, 6.07) is 15.1. The molecule has 0 unspecified atom stereocenters. The summed E-state index contributed by atoms with van der Waals surface area (Å²) in [5.74, 6) is 0.368. The molecule has 0 saturated carbocycles. The number of hydrogen-bond acceptors (Lipinski definition) is 3. The van der Waals surface area contributed by atoms with Crippen LogP contribution in [0.3, 0.4) is 0 Å². The van der Waals surface area contributed by atoms with Gasteiger partial charge in [-0.3, -0.25) is 4.79 Å². The number of nitrogens with one attached hydrogen (secondary N) is 2. The van der Waals surface area contributed by atoms with Gasteiger partial charge in [0.15, 0.2) is 6.61 Å². The Morgan fingerprint density at radius 3 is 2.73 bits per heavy atom. The average Bonchev–Trinajstić information content (AvgIpc) is 2.66. The Balaban J connectivity index is 1.58. The maximum absolute atomic E-state index is 12.5. The molecule has 6 heteroatoms. The van der Waals surface area contributed by atoms with Crippen LogP contribution in [0.4, 0.5) is 10.5 Å². The fraction of sp³-hybridized carbons (Fsp3) is 0.300. The van der Waals surface area contributed by atoms with E-state index in [4.69, 9.17) is 4.74 Å². The van der Waals surface area contributed by atoms with Crippen LogP contribution < -0.4 is 15.4 Å².